The van der Waals surface area contributed by atoms with Crippen LogP contribution in [0.15, 0.2) is 18.2 Å². The summed E-state index contributed by atoms with van der Waals surface area (Å²) in [5, 5.41) is 9.24. The van der Waals surface area contributed by atoms with Gasteiger partial charge in [0.2, 0.25) is 0 Å². The summed E-state index contributed by atoms with van der Waals surface area (Å²) >= 11 is 0. The van der Waals surface area contributed by atoms with Crippen molar-refractivity contribution in [2.24, 2.45) is 0 Å². The van der Waals surface area contributed by atoms with E-state index in [-0.39, 0.29) is 17.6 Å². The van der Waals surface area contributed by atoms with Gasteiger partial charge < -0.3 is 10.0 Å². The second-order valence-corrected chi connectivity index (χ2v) is 5.28. The van der Waals surface area contributed by atoms with Gasteiger partial charge in [-0.2, -0.15) is 0 Å². The van der Waals surface area contributed by atoms with Crippen molar-refractivity contribution in [2.75, 3.05) is 27.2 Å². The zero-order chi connectivity index (χ0) is 13.3. The van der Waals surface area contributed by atoms with E-state index < -0.39 is 0 Å². The molecule has 0 aromatic heterocycles. The van der Waals surface area contributed by atoms with Crippen molar-refractivity contribution in [3.8, 4) is 5.75 Å². The number of hydrogen-bond acceptors (Lipinski definition) is 3. The monoisotopic (exact) mass is 252 g/mol. The van der Waals surface area contributed by atoms with Crippen molar-refractivity contribution in [2.45, 2.75) is 25.4 Å². The Hall–Kier alpha value is -1.13. The predicted octanol–water partition coefficient (Wildman–Crippen LogP) is 2.23. The Labute approximate surface area is 108 Å². The van der Waals surface area contributed by atoms with Crippen LogP contribution in [0.3, 0.4) is 0 Å². The number of aromatic hydroxyl groups is 1. The van der Waals surface area contributed by atoms with Crippen LogP contribution >= 0.6 is 0 Å². The molecule has 1 aromatic carbocycles. The minimum Gasteiger partial charge on any atom is -0.508 e. The second kappa shape index (κ2) is 5.24. The van der Waals surface area contributed by atoms with Crippen LogP contribution in [0, 0.1) is 5.82 Å². The summed E-state index contributed by atoms with van der Waals surface area (Å²) in [6.07, 6.45) is 1.12. The molecule has 0 amide bonds. The molecule has 0 radical (unpaired) electrons. The fraction of sp³-hybridized carbons (Fsp3) is 0.571. The van der Waals surface area contributed by atoms with Gasteiger partial charge in [-0.05, 0) is 33.5 Å². The Bertz CT molecular complexity index is 422. The van der Waals surface area contributed by atoms with Gasteiger partial charge >= 0.3 is 0 Å². The minimum absolute atomic E-state index is 0.0176. The lowest BCUT2D eigenvalue weighted by atomic mass is 10.1. The molecule has 0 bridgehead atoms. The number of nitrogens with zero attached hydrogens (tertiary/aromatic N) is 2. The van der Waals surface area contributed by atoms with Gasteiger partial charge in [0, 0.05) is 36.8 Å². The van der Waals surface area contributed by atoms with E-state index in [0.29, 0.717) is 11.6 Å². The molecule has 2 unspecified atom stereocenters. The van der Waals surface area contributed by atoms with E-state index in [1.54, 1.807) is 12.1 Å². The molecule has 1 N–H and O–H groups in total. The quantitative estimate of drug-likeness (QED) is 0.893. The van der Waals surface area contributed by atoms with E-state index in [1.165, 1.54) is 6.07 Å². The highest BCUT2D eigenvalue weighted by Gasteiger charge is 2.28. The standard InChI is InChI=1S/C14H21FN2O/c1-10(13-5-4-12(18)8-14(13)15)17-7-6-11(9-17)16(2)3/h4-5,8,10-11,18H,6-7,9H2,1-3H3. The van der Waals surface area contributed by atoms with E-state index in [1.807, 2.05) is 6.92 Å². The summed E-state index contributed by atoms with van der Waals surface area (Å²) in [4.78, 5) is 4.51. The number of halogens is 1. The molecule has 4 heteroatoms. The SMILES string of the molecule is CC(c1ccc(O)cc1F)N1CCC(N(C)C)C1. The molecule has 100 valence electrons. The maximum atomic E-state index is 13.8. The van der Waals surface area contributed by atoms with Crippen molar-refractivity contribution < 1.29 is 9.50 Å². The van der Waals surface area contributed by atoms with E-state index in [0.717, 1.165) is 19.5 Å². The summed E-state index contributed by atoms with van der Waals surface area (Å²) in [7, 11) is 4.17. The van der Waals surface area contributed by atoms with Crippen LogP contribution in [0.4, 0.5) is 4.39 Å². The molecular formula is C14H21FN2O. The van der Waals surface area contributed by atoms with Gasteiger partial charge in [0.05, 0.1) is 0 Å². The smallest absolute Gasteiger partial charge is 0.131 e. The van der Waals surface area contributed by atoms with Crippen molar-refractivity contribution in [1.82, 2.24) is 9.80 Å². The van der Waals surface area contributed by atoms with Gasteiger partial charge in [-0.3, -0.25) is 4.90 Å². The normalized spacial score (nSPS) is 22.6. The third kappa shape index (κ3) is 2.65. The Kier molecular flexibility index (Phi) is 3.88. The van der Waals surface area contributed by atoms with Crippen molar-refractivity contribution in [3.63, 3.8) is 0 Å². The first-order valence-corrected chi connectivity index (χ1v) is 6.38. The molecule has 0 aliphatic carbocycles. The highest BCUT2D eigenvalue weighted by Crippen LogP contribution is 2.29. The van der Waals surface area contributed by atoms with Crippen LogP contribution in [-0.4, -0.2) is 48.1 Å². The number of hydrogen-bond donors (Lipinski definition) is 1. The van der Waals surface area contributed by atoms with Crippen LogP contribution in [-0.2, 0) is 0 Å². The number of phenols is 1. The Morgan fingerprint density at radius 1 is 1.44 bits per heavy atom. The number of benzene rings is 1. The summed E-state index contributed by atoms with van der Waals surface area (Å²) in [6.45, 7) is 3.98. The molecule has 1 aliphatic heterocycles. The molecule has 0 spiro atoms. The first-order chi connectivity index (χ1) is 8.49. The van der Waals surface area contributed by atoms with Crippen LogP contribution in [0.25, 0.3) is 0 Å². The molecule has 18 heavy (non-hydrogen) atoms. The van der Waals surface area contributed by atoms with Gasteiger partial charge in [-0.1, -0.05) is 6.07 Å². The van der Waals surface area contributed by atoms with E-state index in [4.69, 9.17) is 0 Å². The summed E-state index contributed by atoms with van der Waals surface area (Å²) in [5.74, 6) is -0.341. The molecule has 1 aliphatic rings. The average Bonchev–Trinajstić information content (AvgIpc) is 2.77. The van der Waals surface area contributed by atoms with Gasteiger partial charge in [0.25, 0.3) is 0 Å². The van der Waals surface area contributed by atoms with Gasteiger partial charge in [-0.25, -0.2) is 4.39 Å². The van der Waals surface area contributed by atoms with Crippen molar-refractivity contribution in [1.29, 1.82) is 0 Å². The minimum atomic E-state index is -0.323. The first kappa shape index (κ1) is 13.3. The highest BCUT2D eigenvalue weighted by molar-refractivity contribution is 5.29. The van der Waals surface area contributed by atoms with Crippen molar-refractivity contribution in [3.05, 3.63) is 29.6 Å². The molecule has 2 rings (SSSR count). The summed E-state index contributed by atoms with van der Waals surface area (Å²) in [6, 6.07) is 5.01. The first-order valence-electron chi connectivity index (χ1n) is 6.38. The fourth-order valence-corrected chi connectivity index (χ4v) is 2.59. The maximum absolute atomic E-state index is 13.8. The van der Waals surface area contributed by atoms with Gasteiger partial charge in [-0.15, -0.1) is 0 Å². The third-order valence-corrected chi connectivity index (χ3v) is 3.91. The lowest BCUT2D eigenvalue weighted by molar-refractivity contribution is 0.225. The number of rotatable bonds is 3. The fourth-order valence-electron chi connectivity index (χ4n) is 2.59. The van der Waals surface area contributed by atoms with Crippen molar-refractivity contribution >= 4 is 0 Å². The Morgan fingerprint density at radius 2 is 2.17 bits per heavy atom. The third-order valence-electron chi connectivity index (χ3n) is 3.91. The molecule has 1 saturated heterocycles. The van der Waals surface area contributed by atoms with E-state index in [2.05, 4.69) is 23.9 Å². The van der Waals surface area contributed by atoms with Gasteiger partial charge in [0.1, 0.15) is 11.6 Å². The number of likely N-dealkylation sites (N-methyl/N-ethyl adjacent to an activating group) is 1. The zero-order valence-corrected chi connectivity index (χ0v) is 11.2. The number of phenolic OH excluding ortho intramolecular Hbond substituents is 1. The molecule has 1 aromatic rings. The Morgan fingerprint density at radius 3 is 2.72 bits per heavy atom. The summed E-state index contributed by atoms with van der Waals surface area (Å²) < 4.78 is 13.8. The van der Waals surface area contributed by atoms with Crippen LogP contribution in [0.5, 0.6) is 5.75 Å². The average molecular weight is 252 g/mol. The molecule has 3 nitrogen and oxygen atoms in total. The lowest BCUT2D eigenvalue weighted by Gasteiger charge is -2.26. The highest BCUT2D eigenvalue weighted by atomic mass is 19.1. The van der Waals surface area contributed by atoms with Crippen LogP contribution in [0.2, 0.25) is 0 Å². The molecule has 0 saturated carbocycles. The zero-order valence-electron chi connectivity index (χ0n) is 11.2. The lowest BCUT2D eigenvalue weighted by Crippen LogP contribution is -2.32. The molecular weight excluding hydrogens is 231 g/mol. The summed E-state index contributed by atoms with van der Waals surface area (Å²) in [5.41, 5.74) is 0.659. The predicted molar refractivity (Wildman–Crippen MR) is 70.1 cm³/mol. The van der Waals surface area contributed by atoms with Crippen LogP contribution in [0.1, 0.15) is 24.9 Å². The molecule has 2 atom stereocenters. The molecule has 1 heterocycles. The van der Waals surface area contributed by atoms with Crippen LogP contribution < -0.4 is 0 Å². The maximum Gasteiger partial charge on any atom is 0.131 e. The molecule has 1 fully saturated rings. The number of likely N-dealkylation sites (tertiary alicyclic amines) is 1. The largest absolute Gasteiger partial charge is 0.508 e. The van der Waals surface area contributed by atoms with Gasteiger partial charge in [0.15, 0.2) is 0 Å². The topological polar surface area (TPSA) is 26.7 Å². The second-order valence-electron chi connectivity index (χ2n) is 5.28. The Balaban J connectivity index is 2.10. The van der Waals surface area contributed by atoms with E-state index in [9.17, 15) is 9.50 Å². The van der Waals surface area contributed by atoms with E-state index >= 15 is 0 Å².